The van der Waals surface area contributed by atoms with Crippen LogP contribution in [0.3, 0.4) is 0 Å². The molecule has 0 bridgehead atoms. The summed E-state index contributed by atoms with van der Waals surface area (Å²) in [5, 5.41) is -0.407. The molecule has 0 spiro atoms. The summed E-state index contributed by atoms with van der Waals surface area (Å²) in [6.45, 7) is 2.01. The van der Waals surface area contributed by atoms with Crippen molar-refractivity contribution in [3.05, 3.63) is 0 Å². The van der Waals surface area contributed by atoms with Crippen molar-refractivity contribution in [3.8, 4) is 0 Å². The van der Waals surface area contributed by atoms with Crippen molar-refractivity contribution in [3.63, 3.8) is 0 Å². The predicted octanol–water partition coefficient (Wildman–Crippen LogP) is 5.44. The molecule has 0 aromatic carbocycles. The molecule has 0 aromatic heterocycles. The van der Waals surface area contributed by atoms with E-state index in [2.05, 4.69) is 0 Å². The van der Waals surface area contributed by atoms with Gasteiger partial charge in [0.1, 0.15) is 0 Å². The van der Waals surface area contributed by atoms with Crippen LogP contribution < -0.4 is 0 Å². The van der Waals surface area contributed by atoms with Gasteiger partial charge in [0.05, 0.1) is 0 Å². The fourth-order valence-electron chi connectivity index (χ4n) is 2.19. The summed E-state index contributed by atoms with van der Waals surface area (Å²) in [6, 6.07) is 0. The first-order valence-corrected chi connectivity index (χ1v) is 8.21. The Balaban J connectivity index is 3.23. The summed E-state index contributed by atoms with van der Waals surface area (Å²) in [5.41, 5.74) is 0. The van der Waals surface area contributed by atoms with Crippen LogP contribution in [0, 0.1) is 5.92 Å². The van der Waals surface area contributed by atoms with E-state index in [1.165, 1.54) is 32.1 Å². The molecule has 0 aliphatic rings. The second kappa shape index (κ2) is 12.9. The van der Waals surface area contributed by atoms with E-state index in [1.54, 1.807) is 0 Å². The zero-order valence-corrected chi connectivity index (χ0v) is 13.4. The van der Waals surface area contributed by atoms with Crippen molar-refractivity contribution in [2.45, 2.75) is 77.6 Å². The van der Waals surface area contributed by atoms with Crippen molar-refractivity contribution in [2.75, 3.05) is 0 Å². The van der Waals surface area contributed by atoms with Crippen molar-refractivity contribution in [1.82, 2.24) is 0 Å². The summed E-state index contributed by atoms with van der Waals surface area (Å²) < 4.78 is 0. The van der Waals surface area contributed by atoms with Crippen LogP contribution in [0.25, 0.3) is 0 Å². The average molecular weight is 309 g/mol. The Morgan fingerprint density at radius 3 is 1.74 bits per heavy atom. The molecular weight excluding hydrogens is 283 g/mol. The second-order valence-corrected chi connectivity index (χ2v) is 5.93. The first kappa shape index (κ1) is 18.9. The monoisotopic (exact) mass is 308 g/mol. The lowest BCUT2D eigenvalue weighted by atomic mass is 9.99. The first-order valence-electron chi connectivity index (χ1n) is 7.45. The Bertz CT molecular complexity index is 255. The first-order chi connectivity index (χ1) is 9.07. The standard InChI is InChI=1S/C15H26Cl2O2/c1-2-13(15(17)19)11-9-7-5-3-4-6-8-10-12-14(16)18/h13H,2-12H2,1H3. The van der Waals surface area contributed by atoms with Gasteiger partial charge >= 0.3 is 0 Å². The highest BCUT2D eigenvalue weighted by molar-refractivity contribution is 6.64. The van der Waals surface area contributed by atoms with Gasteiger partial charge in [-0.25, -0.2) is 0 Å². The number of rotatable bonds is 13. The lowest BCUT2D eigenvalue weighted by molar-refractivity contribution is -0.115. The van der Waals surface area contributed by atoms with E-state index in [1.807, 2.05) is 6.92 Å². The molecule has 112 valence electrons. The van der Waals surface area contributed by atoms with Crippen LogP contribution in [0.5, 0.6) is 0 Å². The number of hydrogen-bond acceptors (Lipinski definition) is 2. The van der Waals surface area contributed by atoms with Crippen molar-refractivity contribution in [1.29, 1.82) is 0 Å². The minimum absolute atomic E-state index is 0.0507. The molecule has 0 heterocycles. The molecule has 0 rings (SSSR count). The van der Waals surface area contributed by atoms with E-state index in [4.69, 9.17) is 23.2 Å². The van der Waals surface area contributed by atoms with Crippen molar-refractivity contribution >= 4 is 33.7 Å². The topological polar surface area (TPSA) is 34.1 Å². The van der Waals surface area contributed by atoms with Gasteiger partial charge in [0.25, 0.3) is 0 Å². The third-order valence-electron chi connectivity index (χ3n) is 3.49. The van der Waals surface area contributed by atoms with Gasteiger partial charge in [-0.3, -0.25) is 9.59 Å². The van der Waals surface area contributed by atoms with Crippen LogP contribution >= 0.6 is 23.2 Å². The van der Waals surface area contributed by atoms with Gasteiger partial charge in [-0.05, 0) is 42.5 Å². The summed E-state index contributed by atoms with van der Waals surface area (Å²) >= 11 is 10.8. The Morgan fingerprint density at radius 1 is 0.842 bits per heavy atom. The normalized spacial score (nSPS) is 12.4. The van der Waals surface area contributed by atoms with Gasteiger partial charge in [-0.1, -0.05) is 51.9 Å². The maximum atomic E-state index is 11.0. The fourth-order valence-corrected chi connectivity index (χ4v) is 2.59. The maximum absolute atomic E-state index is 11.0. The average Bonchev–Trinajstić information content (AvgIpc) is 2.35. The zero-order chi connectivity index (χ0) is 14.5. The molecule has 0 saturated heterocycles. The van der Waals surface area contributed by atoms with E-state index in [0.29, 0.717) is 6.42 Å². The highest BCUT2D eigenvalue weighted by Gasteiger charge is 2.12. The van der Waals surface area contributed by atoms with Crippen LogP contribution in [-0.2, 0) is 9.59 Å². The second-order valence-electron chi connectivity index (χ2n) is 5.13. The maximum Gasteiger partial charge on any atom is 0.224 e. The molecule has 1 unspecified atom stereocenters. The smallest absolute Gasteiger partial charge is 0.224 e. The SMILES string of the molecule is CCC(CCCCCCCCCCC(=O)Cl)C(=O)Cl. The van der Waals surface area contributed by atoms with Gasteiger partial charge in [0.2, 0.25) is 10.5 Å². The van der Waals surface area contributed by atoms with E-state index >= 15 is 0 Å². The van der Waals surface area contributed by atoms with Crippen LogP contribution in [-0.4, -0.2) is 10.5 Å². The van der Waals surface area contributed by atoms with E-state index in [0.717, 1.165) is 32.1 Å². The lowest BCUT2D eigenvalue weighted by Gasteiger charge is -2.08. The molecule has 19 heavy (non-hydrogen) atoms. The molecule has 0 saturated carbocycles. The number of unbranched alkanes of at least 4 members (excludes halogenated alkanes) is 7. The zero-order valence-electron chi connectivity index (χ0n) is 11.9. The number of carbonyl (C=O) groups is 2. The lowest BCUT2D eigenvalue weighted by Crippen LogP contribution is -2.06. The molecule has 0 aromatic rings. The molecule has 0 aliphatic carbocycles. The summed E-state index contributed by atoms with van der Waals surface area (Å²) in [7, 11) is 0. The summed E-state index contributed by atoms with van der Waals surface area (Å²) in [6.07, 6.45) is 11.4. The highest BCUT2D eigenvalue weighted by atomic mass is 35.5. The largest absolute Gasteiger partial charge is 0.281 e. The van der Waals surface area contributed by atoms with Crippen LogP contribution in [0.1, 0.15) is 77.6 Å². The minimum Gasteiger partial charge on any atom is -0.281 e. The highest BCUT2D eigenvalue weighted by Crippen LogP contribution is 2.17. The summed E-state index contributed by atoms with van der Waals surface area (Å²) in [5.74, 6) is 0.0507. The van der Waals surface area contributed by atoms with Gasteiger partial charge in [0.15, 0.2) is 0 Å². The van der Waals surface area contributed by atoms with Gasteiger partial charge in [-0.15, -0.1) is 0 Å². The van der Waals surface area contributed by atoms with Crippen LogP contribution in [0.4, 0.5) is 0 Å². The number of carbonyl (C=O) groups excluding carboxylic acids is 2. The molecular formula is C15H26Cl2O2. The number of halogens is 2. The van der Waals surface area contributed by atoms with Crippen molar-refractivity contribution < 1.29 is 9.59 Å². The predicted molar refractivity (Wildman–Crippen MR) is 81.7 cm³/mol. The van der Waals surface area contributed by atoms with Gasteiger partial charge < -0.3 is 0 Å². The molecule has 4 heteroatoms. The van der Waals surface area contributed by atoms with E-state index in [-0.39, 0.29) is 16.4 Å². The minimum atomic E-state index is -0.223. The Labute approximate surface area is 127 Å². The van der Waals surface area contributed by atoms with E-state index < -0.39 is 0 Å². The molecule has 1 atom stereocenters. The van der Waals surface area contributed by atoms with Crippen LogP contribution in [0.15, 0.2) is 0 Å². The Hall–Kier alpha value is -0.0800. The third-order valence-corrected chi connectivity index (χ3v) is 3.99. The molecule has 0 N–H and O–H groups in total. The quantitative estimate of drug-likeness (QED) is 0.335. The Kier molecular flexibility index (Phi) is 12.9. The van der Waals surface area contributed by atoms with E-state index in [9.17, 15) is 9.59 Å². The molecule has 0 amide bonds. The Morgan fingerprint density at radius 2 is 1.32 bits per heavy atom. The molecule has 0 aliphatic heterocycles. The van der Waals surface area contributed by atoms with Crippen molar-refractivity contribution in [2.24, 2.45) is 5.92 Å². The van der Waals surface area contributed by atoms with Gasteiger partial charge in [0, 0.05) is 12.3 Å². The number of hydrogen-bond donors (Lipinski definition) is 0. The molecule has 2 nitrogen and oxygen atoms in total. The summed E-state index contributed by atoms with van der Waals surface area (Å²) in [4.78, 5) is 21.5. The molecule has 0 radical (unpaired) electrons. The molecule has 0 fully saturated rings. The van der Waals surface area contributed by atoms with Gasteiger partial charge in [-0.2, -0.15) is 0 Å². The third kappa shape index (κ3) is 12.7. The van der Waals surface area contributed by atoms with Crippen LogP contribution in [0.2, 0.25) is 0 Å². The fraction of sp³-hybridized carbons (Fsp3) is 0.867.